The van der Waals surface area contributed by atoms with Crippen molar-refractivity contribution in [2.75, 3.05) is 23.8 Å². The Hall–Kier alpha value is -0.150. The van der Waals surface area contributed by atoms with Crippen LogP contribution in [0.4, 0.5) is 0 Å². The highest BCUT2D eigenvalue weighted by atomic mass is 32.2. The van der Waals surface area contributed by atoms with Crippen molar-refractivity contribution < 1.29 is 13.5 Å². The van der Waals surface area contributed by atoms with E-state index in [1.807, 2.05) is 23.5 Å². The lowest BCUT2D eigenvalue weighted by Gasteiger charge is -2.20. The molecule has 1 aliphatic rings. The Morgan fingerprint density at radius 2 is 2.33 bits per heavy atom. The van der Waals surface area contributed by atoms with E-state index in [1.54, 1.807) is 0 Å². The number of hydrogen-bond acceptors (Lipinski definition) is 5. The van der Waals surface area contributed by atoms with Crippen LogP contribution in [-0.2, 0) is 16.6 Å². The Morgan fingerprint density at radius 3 is 2.94 bits per heavy atom. The Bertz CT molecular complexity index is 480. The van der Waals surface area contributed by atoms with Gasteiger partial charge in [-0.05, 0) is 6.07 Å². The van der Waals surface area contributed by atoms with Gasteiger partial charge in [0.1, 0.15) is 0 Å². The first-order valence-corrected chi connectivity index (χ1v) is 9.27. The van der Waals surface area contributed by atoms with E-state index in [0.29, 0.717) is 17.5 Å². The van der Waals surface area contributed by atoms with Crippen LogP contribution in [0, 0.1) is 0 Å². The highest BCUT2D eigenvalue weighted by Crippen LogP contribution is 2.23. The lowest BCUT2D eigenvalue weighted by molar-refractivity contribution is 0.277. The first kappa shape index (κ1) is 14.3. The number of thioether (sulfide) groups is 2. The summed E-state index contributed by atoms with van der Waals surface area (Å²) in [6, 6.07) is 1.45. The normalized spacial score (nSPS) is 21.1. The van der Waals surface area contributed by atoms with Crippen molar-refractivity contribution in [3.8, 4) is 0 Å². The van der Waals surface area contributed by atoms with E-state index < -0.39 is 10.0 Å². The molecule has 3 N–H and O–H groups in total. The summed E-state index contributed by atoms with van der Waals surface area (Å²) in [4.78, 5) is 2.90. The lowest BCUT2D eigenvalue weighted by atomic mass is 10.5. The van der Waals surface area contributed by atoms with Gasteiger partial charge in [0.15, 0.2) is 0 Å². The molecule has 0 aliphatic carbocycles. The molecule has 0 saturated carbocycles. The number of sulfonamides is 1. The van der Waals surface area contributed by atoms with Gasteiger partial charge in [-0.1, -0.05) is 0 Å². The van der Waals surface area contributed by atoms with Crippen LogP contribution in [0.5, 0.6) is 0 Å². The molecule has 2 rings (SSSR count). The molecule has 1 fully saturated rings. The monoisotopic (exact) mass is 308 g/mol. The van der Waals surface area contributed by atoms with Crippen LogP contribution >= 0.6 is 23.5 Å². The molecule has 1 aliphatic heterocycles. The first-order valence-electron chi connectivity index (χ1n) is 5.59. The average molecular weight is 308 g/mol. The summed E-state index contributed by atoms with van der Waals surface area (Å²) in [5.74, 6) is 3.21. The smallest absolute Gasteiger partial charge is 0.242 e. The van der Waals surface area contributed by atoms with Gasteiger partial charge in [-0.15, -0.1) is 0 Å². The number of hydrogen-bond donors (Lipinski definition) is 3. The van der Waals surface area contributed by atoms with Gasteiger partial charge in [-0.25, -0.2) is 13.1 Å². The molecule has 1 aromatic heterocycles. The topological polar surface area (TPSA) is 82.2 Å². The van der Waals surface area contributed by atoms with Gasteiger partial charge < -0.3 is 10.1 Å². The molecule has 1 saturated heterocycles. The second-order valence-electron chi connectivity index (χ2n) is 3.94. The van der Waals surface area contributed by atoms with E-state index in [9.17, 15) is 8.42 Å². The number of aromatic amines is 1. The van der Waals surface area contributed by atoms with Crippen molar-refractivity contribution in [1.82, 2.24) is 9.71 Å². The maximum absolute atomic E-state index is 12.0. The maximum Gasteiger partial charge on any atom is 0.242 e. The van der Waals surface area contributed by atoms with Crippen molar-refractivity contribution in [2.45, 2.75) is 16.8 Å². The molecule has 8 heteroatoms. The van der Waals surface area contributed by atoms with Crippen molar-refractivity contribution >= 4 is 33.5 Å². The molecule has 0 spiro atoms. The summed E-state index contributed by atoms with van der Waals surface area (Å²) in [5, 5.41) is 9.24. The van der Waals surface area contributed by atoms with Gasteiger partial charge in [0.2, 0.25) is 10.0 Å². The largest absolute Gasteiger partial charge is 0.390 e. The Labute approximate surface area is 115 Å². The van der Waals surface area contributed by atoms with Crippen LogP contribution < -0.4 is 4.72 Å². The number of H-pyrrole nitrogens is 1. The van der Waals surface area contributed by atoms with Gasteiger partial charge >= 0.3 is 0 Å². The zero-order valence-electron chi connectivity index (χ0n) is 9.76. The minimum absolute atomic E-state index is 0.181. The molecular weight excluding hydrogens is 292 g/mol. The third kappa shape index (κ3) is 3.67. The van der Waals surface area contributed by atoms with E-state index in [1.165, 1.54) is 12.3 Å². The molecule has 2 heterocycles. The fourth-order valence-electron chi connectivity index (χ4n) is 1.61. The van der Waals surface area contributed by atoms with E-state index in [4.69, 9.17) is 5.11 Å². The third-order valence-corrected chi connectivity index (χ3v) is 6.83. The van der Waals surface area contributed by atoms with Crippen LogP contribution in [0.3, 0.4) is 0 Å². The Balaban J connectivity index is 1.94. The zero-order chi connectivity index (χ0) is 13.0. The summed E-state index contributed by atoms with van der Waals surface area (Å²) >= 11 is 3.68. The molecule has 102 valence electrons. The highest BCUT2D eigenvalue weighted by Gasteiger charge is 2.20. The predicted molar refractivity (Wildman–Crippen MR) is 75.5 cm³/mol. The lowest BCUT2D eigenvalue weighted by Crippen LogP contribution is -2.33. The van der Waals surface area contributed by atoms with Crippen LogP contribution in [0.25, 0.3) is 0 Å². The second-order valence-corrected chi connectivity index (χ2v) is 8.26. The fraction of sp³-hybridized carbons (Fsp3) is 0.600. The standard InChI is InChI=1S/C10H16N2O3S3/c13-6-8-3-10(5-11-8)18(14,15)12-4-9-7-16-1-2-17-9/h3,5,9,11-13H,1-2,4,6-7H2. The van der Waals surface area contributed by atoms with Gasteiger partial charge in [0.05, 0.1) is 11.5 Å². The number of aliphatic hydroxyl groups excluding tert-OH is 1. The van der Waals surface area contributed by atoms with Crippen molar-refractivity contribution in [2.24, 2.45) is 0 Å². The maximum atomic E-state index is 12.0. The molecular formula is C10H16N2O3S3. The molecule has 0 aromatic carbocycles. The molecule has 1 unspecified atom stereocenters. The Kier molecular flexibility index (Phi) is 5.02. The number of aliphatic hydroxyl groups is 1. The fourth-order valence-corrected chi connectivity index (χ4v) is 5.42. The first-order chi connectivity index (χ1) is 8.62. The van der Waals surface area contributed by atoms with E-state index >= 15 is 0 Å². The van der Waals surface area contributed by atoms with Gasteiger partial charge in [-0.3, -0.25) is 0 Å². The van der Waals surface area contributed by atoms with E-state index in [-0.39, 0.29) is 11.5 Å². The van der Waals surface area contributed by atoms with Gasteiger partial charge in [0, 0.05) is 40.9 Å². The summed E-state index contributed by atoms with van der Waals surface area (Å²) in [7, 11) is -3.46. The molecule has 18 heavy (non-hydrogen) atoms. The van der Waals surface area contributed by atoms with E-state index in [0.717, 1.165) is 17.3 Å². The zero-order valence-corrected chi connectivity index (χ0v) is 12.2. The SMILES string of the molecule is O=S(=O)(NCC1CSCCS1)c1c[nH]c(CO)c1. The minimum Gasteiger partial charge on any atom is -0.390 e. The van der Waals surface area contributed by atoms with E-state index in [2.05, 4.69) is 9.71 Å². The highest BCUT2D eigenvalue weighted by molar-refractivity contribution is 8.06. The summed E-state index contributed by atoms with van der Waals surface area (Å²) in [5.41, 5.74) is 0.498. The number of nitrogens with one attached hydrogen (secondary N) is 2. The summed E-state index contributed by atoms with van der Waals surface area (Å²) in [6.45, 7) is 0.268. The van der Waals surface area contributed by atoms with Crippen LogP contribution in [-0.4, -0.2) is 47.6 Å². The van der Waals surface area contributed by atoms with Gasteiger partial charge in [-0.2, -0.15) is 23.5 Å². The molecule has 5 nitrogen and oxygen atoms in total. The second kappa shape index (κ2) is 6.33. The number of rotatable bonds is 5. The third-order valence-electron chi connectivity index (χ3n) is 2.58. The Morgan fingerprint density at radius 1 is 1.50 bits per heavy atom. The van der Waals surface area contributed by atoms with Gasteiger partial charge in [0.25, 0.3) is 0 Å². The average Bonchev–Trinajstić information content (AvgIpc) is 2.87. The van der Waals surface area contributed by atoms with Crippen LogP contribution in [0.15, 0.2) is 17.2 Å². The molecule has 0 amide bonds. The molecule has 1 atom stereocenters. The van der Waals surface area contributed by atoms with Crippen molar-refractivity contribution in [3.05, 3.63) is 18.0 Å². The summed E-state index contributed by atoms with van der Waals surface area (Å²) in [6.07, 6.45) is 1.40. The van der Waals surface area contributed by atoms with Crippen molar-refractivity contribution in [1.29, 1.82) is 0 Å². The number of aromatic nitrogens is 1. The molecule has 1 aromatic rings. The van der Waals surface area contributed by atoms with Crippen LogP contribution in [0.1, 0.15) is 5.69 Å². The molecule has 0 bridgehead atoms. The predicted octanol–water partition coefficient (Wildman–Crippen LogP) is 0.634. The summed E-state index contributed by atoms with van der Waals surface area (Å²) < 4.78 is 26.6. The minimum atomic E-state index is -3.46. The quantitative estimate of drug-likeness (QED) is 0.743. The van der Waals surface area contributed by atoms with Crippen LogP contribution in [0.2, 0.25) is 0 Å². The van der Waals surface area contributed by atoms with Crippen molar-refractivity contribution in [3.63, 3.8) is 0 Å². The molecule has 0 radical (unpaired) electrons.